The topological polar surface area (TPSA) is 64.9 Å². The molecule has 29 heavy (non-hydrogen) atoms. The number of allylic oxidation sites excluding steroid dienone is 4. The number of thioether (sulfide) groups is 1. The van der Waals surface area contributed by atoms with Crippen LogP contribution in [0.15, 0.2) is 51.9 Å². The van der Waals surface area contributed by atoms with Gasteiger partial charge >= 0.3 is 5.97 Å². The molecule has 5 nitrogen and oxygen atoms in total. The molecule has 0 unspecified atom stereocenters. The first-order valence-electron chi connectivity index (χ1n) is 10.4. The molecule has 1 aliphatic carbocycles. The third-order valence-electron chi connectivity index (χ3n) is 5.52. The third kappa shape index (κ3) is 6.43. The summed E-state index contributed by atoms with van der Waals surface area (Å²) in [6.07, 6.45) is 12.8. The van der Waals surface area contributed by atoms with E-state index in [-0.39, 0.29) is 0 Å². The Labute approximate surface area is 179 Å². The lowest BCUT2D eigenvalue weighted by atomic mass is 9.76. The molecular formula is C23H35N3O2S. The van der Waals surface area contributed by atoms with E-state index in [0.717, 1.165) is 60.7 Å². The highest BCUT2D eigenvalue weighted by atomic mass is 32.2. The molecule has 0 saturated carbocycles. The molecular weight excluding hydrogens is 382 g/mol. The number of aliphatic carboxylic acids is 1. The number of hydrogen-bond acceptors (Lipinski definition) is 5. The highest BCUT2D eigenvalue weighted by Crippen LogP contribution is 2.36. The number of carboxylic acids is 1. The predicted molar refractivity (Wildman–Crippen MR) is 125 cm³/mol. The monoisotopic (exact) mass is 417 g/mol. The zero-order valence-corrected chi connectivity index (χ0v) is 18.9. The van der Waals surface area contributed by atoms with Gasteiger partial charge in [0.05, 0.1) is 5.41 Å². The Balaban J connectivity index is 2.05. The lowest BCUT2D eigenvalue weighted by molar-refractivity contribution is -0.153. The molecule has 1 heterocycles. The minimum absolute atomic E-state index is 0.603. The van der Waals surface area contributed by atoms with Gasteiger partial charge in [-0.25, -0.2) is 0 Å². The molecule has 1 atom stereocenters. The Hall–Kier alpha value is -1.63. The highest BCUT2D eigenvalue weighted by Gasteiger charge is 2.41. The number of hydrogen-bond donors (Lipinski definition) is 2. The van der Waals surface area contributed by atoms with Gasteiger partial charge in [-0.05, 0) is 49.8 Å². The van der Waals surface area contributed by atoms with Crippen LogP contribution in [-0.4, -0.2) is 61.3 Å². The van der Waals surface area contributed by atoms with Crippen molar-refractivity contribution in [3.8, 4) is 0 Å². The van der Waals surface area contributed by atoms with Crippen molar-refractivity contribution in [1.82, 2.24) is 10.2 Å². The average molecular weight is 418 g/mol. The van der Waals surface area contributed by atoms with Crippen molar-refractivity contribution in [2.24, 2.45) is 10.4 Å². The average Bonchev–Trinajstić information content (AvgIpc) is 2.92. The number of carboxylic acid groups (broad SMARTS) is 1. The molecule has 0 radical (unpaired) electrons. The number of rotatable bonds is 9. The van der Waals surface area contributed by atoms with Crippen LogP contribution in [0.3, 0.4) is 0 Å². The number of aliphatic imine (C=N–C) groups is 1. The summed E-state index contributed by atoms with van der Waals surface area (Å²) >= 11 is 1.61. The molecule has 1 fully saturated rings. The predicted octanol–water partition coefficient (Wildman–Crippen LogP) is 4.26. The third-order valence-corrected chi connectivity index (χ3v) is 6.53. The first kappa shape index (κ1) is 23.6. The molecule has 2 rings (SSSR count). The lowest BCUT2D eigenvalue weighted by Crippen LogP contribution is -2.48. The van der Waals surface area contributed by atoms with Crippen LogP contribution in [0.5, 0.6) is 0 Å². The van der Waals surface area contributed by atoms with E-state index in [9.17, 15) is 9.90 Å². The van der Waals surface area contributed by atoms with Crippen LogP contribution in [-0.2, 0) is 4.79 Å². The molecule has 6 heteroatoms. The van der Waals surface area contributed by atoms with E-state index in [0.29, 0.717) is 13.1 Å². The van der Waals surface area contributed by atoms with E-state index in [1.807, 2.05) is 14.1 Å². The maximum absolute atomic E-state index is 12.0. The van der Waals surface area contributed by atoms with Crippen LogP contribution < -0.4 is 5.32 Å². The smallest absolute Gasteiger partial charge is 0.310 e. The molecule has 2 aliphatic rings. The summed E-state index contributed by atoms with van der Waals surface area (Å²) in [6, 6.07) is 0. The van der Waals surface area contributed by atoms with E-state index in [4.69, 9.17) is 0 Å². The van der Waals surface area contributed by atoms with E-state index < -0.39 is 11.4 Å². The largest absolute Gasteiger partial charge is 0.481 e. The summed E-state index contributed by atoms with van der Waals surface area (Å²) in [5.41, 5.74) is 1.76. The van der Waals surface area contributed by atoms with Crippen molar-refractivity contribution in [3.05, 3.63) is 46.9 Å². The summed E-state index contributed by atoms with van der Waals surface area (Å²) in [4.78, 5) is 19.8. The Bertz CT molecular complexity index is 720. The van der Waals surface area contributed by atoms with Crippen LogP contribution in [0.2, 0.25) is 0 Å². The van der Waals surface area contributed by atoms with E-state index in [2.05, 4.69) is 53.0 Å². The molecule has 2 N–H and O–H groups in total. The second kappa shape index (κ2) is 11.5. The second-order valence-electron chi connectivity index (χ2n) is 7.82. The summed E-state index contributed by atoms with van der Waals surface area (Å²) < 4.78 is 0. The second-order valence-corrected chi connectivity index (χ2v) is 8.99. The SMILES string of the molecule is C=C(CN1CCC[C@@](CCC)(C(=O)O)C1)SC(=NC)C1=CCC=CC=C1CNC. The highest BCUT2D eigenvalue weighted by molar-refractivity contribution is 8.17. The fourth-order valence-corrected chi connectivity index (χ4v) is 5.14. The van der Waals surface area contributed by atoms with Gasteiger partial charge < -0.3 is 10.4 Å². The van der Waals surface area contributed by atoms with Crippen LogP contribution >= 0.6 is 11.8 Å². The van der Waals surface area contributed by atoms with Crippen LogP contribution in [0.4, 0.5) is 0 Å². The van der Waals surface area contributed by atoms with E-state index >= 15 is 0 Å². The molecule has 0 bridgehead atoms. The van der Waals surface area contributed by atoms with Crippen molar-refractivity contribution in [2.75, 3.05) is 40.3 Å². The zero-order chi connectivity index (χ0) is 21.3. The lowest BCUT2D eigenvalue weighted by Gasteiger charge is -2.40. The Morgan fingerprint density at radius 1 is 1.48 bits per heavy atom. The van der Waals surface area contributed by atoms with Crippen LogP contribution in [0.1, 0.15) is 39.0 Å². The molecule has 1 aliphatic heterocycles. The first-order valence-corrected chi connectivity index (χ1v) is 11.3. The van der Waals surface area contributed by atoms with Gasteiger partial charge in [0, 0.05) is 32.3 Å². The molecule has 0 spiro atoms. The Kier molecular flexibility index (Phi) is 9.40. The van der Waals surface area contributed by atoms with Gasteiger partial charge in [-0.2, -0.15) is 0 Å². The quantitative estimate of drug-likeness (QED) is 0.433. The van der Waals surface area contributed by atoms with Gasteiger partial charge in [-0.3, -0.25) is 14.7 Å². The van der Waals surface area contributed by atoms with Crippen LogP contribution in [0.25, 0.3) is 0 Å². The maximum atomic E-state index is 12.0. The zero-order valence-electron chi connectivity index (χ0n) is 18.0. The molecule has 160 valence electrons. The number of nitrogens with one attached hydrogen (secondary N) is 1. The number of likely N-dealkylation sites (N-methyl/N-ethyl adjacent to an activating group) is 1. The number of likely N-dealkylation sites (tertiary alicyclic amines) is 1. The summed E-state index contributed by atoms with van der Waals surface area (Å²) in [5, 5.41) is 14.0. The number of piperidine rings is 1. The molecule has 0 amide bonds. The maximum Gasteiger partial charge on any atom is 0.310 e. The van der Waals surface area contributed by atoms with Gasteiger partial charge in [0.25, 0.3) is 0 Å². The van der Waals surface area contributed by atoms with Gasteiger partial charge in [-0.1, -0.05) is 56.0 Å². The fourth-order valence-electron chi connectivity index (χ4n) is 4.20. The summed E-state index contributed by atoms with van der Waals surface area (Å²) in [7, 11) is 3.77. The van der Waals surface area contributed by atoms with Crippen molar-refractivity contribution in [1.29, 1.82) is 0 Å². The van der Waals surface area contributed by atoms with Gasteiger partial charge in [-0.15, -0.1) is 0 Å². The van der Waals surface area contributed by atoms with Crippen molar-refractivity contribution in [3.63, 3.8) is 0 Å². The molecule has 1 saturated heterocycles. The van der Waals surface area contributed by atoms with Gasteiger partial charge in [0.2, 0.25) is 0 Å². The van der Waals surface area contributed by atoms with Crippen molar-refractivity contribution in [2.45, 2.75) is 39.0 Å². The summed E-state index contributed by atoms with van der Waals surface area (Å²) in [5.74, 6) is -0.656. The number of nitrogens with zero attached hydrogens (tertiary/aromatic N) is 2. The Morgan fingerprint density at radius 2 is 2.28 bits per heavy atom. The fraction of sp³-hybridized carbons (Fsp3) is 0.565. The Morgan fingerprint density at radius 3 is 2.93 bits per heavy atom. The molecule has 0 aromatic heterocycles. The van der Waals surface area contributed by atoms with E-state index in [1.54, 1.807) is 11.8 Å². The minimum atomic E-state index is -0.656. The van der Waals surface area contributed by atoms with E-state index in [1.165, 1.54) is 5.57 Å². The van der Waals surface area contributed by atoms with Crippen LogP contribution in [0, 0.1) is 5.41 Å². The first-order chi connectivity index (χ1) is 14.0. The minimum Gasteiger partial charge on any atom is -0.481 e. The normalized spacial score (nSPS) is 23.3. The molecule has 0 aromatic rings. The number of carbonyl (C=O) groups is 1. The molecule has 0 aromatic carbocycles. The van der Waals surface area contributed by atoms with Gasteiger partial charge in [0.1, 0.15) is 5.04 Å². The van der Waals surface area contributed by atoms with Crippen molar-refractivity contribution >= 4 is 22.8 Å². The standard InChI is InChI=1S/C23H35N3O2S/c1-5-12-23(22(27)28)13-9-14-26(17-23)16-18(2)29-21(25-4)20-11-8-6-7-10-19(20)15-24-3/h6-7,10-11,24H,2,5,8-9,12-17H2,1,3-4H3,(H,27,28)/t23-/m1/s1. The van der Waals surface area contributed by atoms with Gasteiger partial charge in [0.15, 0.2) is 0 Å². The van der Waals surface area contributed by atoms with Crippen molar-refractivity contribution < 1.29 is 9.90 Å². The summed E-state index contributed by atoms with van der Waals surface area (Å²) in [6.45, 7) is 9.35.